The first-order chi connectivity index (χ1) is 8.75. The first kappa shape index (κ1) is 13.4. The van der Waals surface area contributed by atoms with Gasteiger partial charge in [-0.05, 0) is 30.9 Å². The van der Waals surface area contributed by atoms with Crippen molar-refractivity contribution in [2.24, 2.45) is 5.73 Å². The van der Waals surface area contributed by atoms with Crippen LogP contribution in [0, 0.1) is 0 Å². The fraction of sp³-hybridized carbons (Fsp3) is 0.571. The molecule has 0 radical (unpaired) electrons. The average molecular weight is 263 g/mol. The molecule has 1 saturated carbocycles. The van der Waals surface area contributed by atoms with Crippen molar-refractivity contribution in [2.75, 3.05) is 13.1 Å². The number of hydrogen-bond acceptors (Lipinski definition) is 3. The highest BCUT2D eigenvalue weighted by Crippen LogP contribution is 2.23. The second kappa shape index (κ2) is 6.81. The Hall–Kier alpha value is -1.00. The number of pyridine rings is 1. The Labute approximate surface area is 114 Å². The summed E-state index contributed by atoms with van der Waals surface area (Å²) < 4.78 is 0. The summed E-state index contributed by atoms with van der Waals surface area (Å²) in [6, 6.07) is 4.78. The van der Waals surface area contributed by atoms with E-state index in [-0.39, 0.29) is 0 Å². The van der Waals surface area contributed by atoms with E-state index < -0.39 is 0 Å². The molecule has 0 amide bonds. The molecule has 1 aromatic rings. The smallest absolute Gasteiger partial charge is 0.0870 e. The molecule has 0 saturated heterocycles. The SMILES string of the molecule is NC(=S)CN(CCc1cccnc1)C1CCCC1. The lowest BCUT2D eigenvalue weighted by Crippen LogP contribution is -2.40. The van der Waals surface area contributed by atoms with Crippen LogP contribution in [-0.2, 0) is 6.42 Å². The number of nitrogens with zero attached hydrogens (tertiary/aromatic N) is 2. The Morgan fingerprint density at radius 1 is 1.44 bits per heavy atom. The number of nitrogens with two attached hydrogens (primary N) is 1. The molecule has 4 heteroatoms. The van der Waals surface area contributed by atoms with E-state index in [2.05, 4.69) is 16.0 Å². The van der Waals surface area contributed by atoms with Gasteiger partial charge in [0.05, 0.1) is 4.99 Å². The van der Waals surface area contributed by atoms with Gasteiger partial charge in [0.2, 0.25) is 0 Å². The predicted octanol–water partition coefficient (Wildman–Crippen LogP) is 2.15. The Morgan fingerprint density at radius 3 is 2.83 bits per heavy atom. The number of hydrogen-bond donors (Lipinski definition) is 1. The zero-order valence-corrected chi connectivity index (χ0v) is 11.5. The van der Waals surface area contributed by atoms with Crippen molar-refractivity contribution in [1.29, 1.82) is 0 Å². The number of thiocarbonyl (C=S) groups is 1. The van der Waals surface area contributed by atoms with Crippen molar-refractivity contribution in [3.8, 4) is 0 Å². The lowest BCUT2D eigenvalue weighted by Gasteiger charge is -2.28. The second-order valence-electron chi connectivity index (χ2n) is 4.99. The molecule has 0 spiro atoms. The zero-order valence-electron chi connectivity index (χ0n) is 10.7. The maximum Gasteiger partial charge on any atom is 0.0870 e. The van der Waals surface area contributed by atoms with Crippen molar-refractivity contribution in [3.63, 3.8) is 0 Å². The Kier molecular flexibility index (Phi) is 5.08. The van der Waals surface area contributed by atoms with Crippen molar-refractivity contribution in [1.82, 2.24) is 9.88 Å². The molecule has 0 atom stereocenters. The highest BCUT2D eigenvalue weighted by Gasteiger charge is 2.22. The van der Waals surface area contributed by atoms with Gasteiger partial charge in [0.15, 0.2) is 0 Å². The molecule has 0 bridgehead atoms. The van der Waals surface area contributed by atoms with E-state index in [1.807, 2.05) is 18.5 Å². The predicted molar refractivity (Wildman–Crippen MR) is 78.6 cm³/mol. The summed E-state index contributed by atoms with van der Waals surface area (Å²) in [7, 11) is 0. The topological polar surface area (TPSA) is 42.1 Å². The summed E-state index contributed by atoms with van der Waals surface area (Å²) in [6.45, 7) is 1.77. The fourth-order valence-corrected chi connectivity index (χ4v) is 2.84. The molecule has 0 aliphatic heterocycles. The van der Waals surface area contributed by atoms with Gasteiger partial charge in [0.25, 0.3) is 0 Å². The lowest BCUT2D eigenvalue weighted by molar-refractivity contribution is 0.230. The van der Waals surface area contributed by atoms with Gasteiger partial charge < -0.3 is 5.73 Å². The van der Waals surface area contributed by atoms with Crippen LogP contribution >= 0.6 is 12.2 Å². The number of rotatable bonds is 6. The third-order valence-electron chi connectivity index (χ3n) is 3.61. The molecule has 2 rings (SSSR count). The quantitative estimate of drug-likeness (QED) is 0.799. The van der Waals surface area contributed by atoms with E-state index in [4.69, 9.17) is 18.0 Å². The minimum atomic E-state index is 0.605. The molecule has 1 fully saturated rings. The minimum absolute atomic E-state index is 0.605. The Bertz CT molecular complexity index is 374. The van der Waals surface area contributed by atoms with E-state index >= 15 is 0 Å². The normalized spacial score (nSPS) is 16.3. The van der Waals surface area contributed by atoms with Crippen LogP contribution in [0.25, 0.3) is 0 Å². The molecule has 0 unspecified atom stereocenters. The maximum atomic E-state index is 5.71. The molecule has 1 aliphatic rings. The Morgan fingerprint density at radius 2 is 2.22 bits per heavy atom. The average Bonchev–Trinajstić information content (AvgIpc) is 2.89. The summed E-state index contributed by atoms with van der Waals surface area (Å²) in [5.74, 6) is 0. The second-order valence-corrected chi connectivity index (χ2v) is 5.51. The molecule has 0 aromatic carbocycles. The minimum Gasteiger partial charge on any atom is -0.392 e. The van der Waals surface area contributed by atoms with Gasteiger partial charge in [-0.3, -0.25) is 9.88 Å². The summed E-state index contributed by atoms with van der Waals surface area (Å²) in [5.41, 5.74) is 6.99. The van der Waals surface area contributed by atoms with Crippen LogP contribution in [0.3, 0.4) is 0 Å². The van der Waals surface area contributed by atoms with Crippen LogP contribution in [-0.4, -0.2) is 34.0 Å². The van der Waals surface area contributed by atoms with Crippen LogP contribution < -0.4 is 5.73 Å². The van der Waals surface area contributed by atoms with Gasteiger partial charge in [0, 0.05) is 31.5 Å². The van der Waals surface area contributed by atoms with Crippen molar-refractivity contribution < 1.29 is 0 Å². The molecular weight excluding hydrogens is 242 g/mol. The molecule has 1 aliphatic carbocycles. The van der Waals surface area contributed by atoms with E-state index in [0.29, 0.717) is 11.0 Å². The number of aromatic nitrogens is 1. The highest BCUT2D eigenvalue weighted by atomic mass is 32.1. The van der Waals surface area contributed by atoms with E-state index in [1.54, 1.807) is 0 Å². The van der Waals surface area contributed by atoms with Gasteiger partial charge in [0.1, 0.15) is 0 Å². The molecular formula is C14H21N3S. The summed E-state index contributed by atoms with van der Waals surface area (Å²) in [5, 5.41) is 0. The standard InChI is InChI=1S/C14H21N3S/c15-14(18)11-17(13-5-1-2-6-13)9-7-12-4-3-8-16-10-12/h3-4,8,10,13H,1-2,5-7,9,11H2,(H2,15,18). The van der Waals surface area contributed by atoms with Crippen LogP contribution in [0.5, 0.6) is 0 Å². The van der Waals surface area contributed by atoms with Crippen molar-refractivity contribution >= 4 is 17.2 Å². The van der Waals surface area contributed by atoms with Crippen LogP contribution in [0.1, 0.15) is 31.2 Å². The third-order valence-corrected chi connectivity index (χ3v) is 3.74. The fourth-order valence-electron chi connectivity index (χ4n) is 2.68. The first-order valence-corrected chi connectivity index (χ1v) is 7.08. The van der Waals surface area contributed by atoms with Crippen LogP contribution in [0.2, 0.25) is 0 Å². The van der Waals surface area contributed by atoms with Gasteiger partial charge in [-0.2, -0.15) is 0 Å². The zero-order chi connectivity index (χ0) is 12.8. The molecule has 1 heterocycles. The van der Waals surface area contributed by atoms with E-state index in [9.17, 15) is 0 Å². The third kappa shape index (κ3) is 4.03. The summed E-state index contributed by atoms with van der Waals surface area (Å²) in [6.07, 6.45) is 10.0. The molecule has 2 N–H and O–H groups in total. The lowest BCUT2D eigenvalue weighted by atomic mass is 10.1. The largest absolute Gasteiger partial charge is 0.392 e. The van der Waals surface area contributed by atoms with Crippen LogP contribution in [0.15, 0.2) is 24.5 Å². The molecule has 3 nitrogen and oxygen atoms in total. The van der Waals surface area contributed by atoms with Gasteiger partial charge in [-0.1, -0.05) is 31.1 Å². The van der Waals surface area contributed by atoms with Crippen LogP contribution in [0.4, 0.5) is 0 Å². The monoisotopic (exact) mass is 263 g/mol. The molecule has 98 valence electrons. The van der Waals surface area contributed by atoms with Gasteiger partial charge >= 0.3 is 0 Å². The van der Waals surface area contributed by atoms with Crippen molar-refractivity contribution in [2.45, 2.75) is 38.1 Å². The molecule has 18 heavy (non-hydrogen) atoms. The van der Waals surface area contributed by atoms with E-state index in [0.717, 1.165) is 19.5 Å². The maximum absolute atomic E-state index is 5.71. The molecule has 1 aromatic heterocycles. The first-order valence-electron chi connectivity index (χ1n) is 6.67. The Balaban J connectivity index is 1.90. The highest BCUT2D eigenvalue weighted by molar-refractivity contribution is 7.80. The van der Waals surface area contributed by atoms with Gasteiger partial charge in [-0.25, -0.2) is 0 Å². The van der Waals surface area contributed by atoms with E-state index in [1.165, 1.54) is 31.2 Å². The van der Waals surface area contributed by atoms with Crippen molar-refractivity contribution in [3.05, 3.63) is 30.1 Å². The summed E-state index contributed by atoms with van der Waals surface area (Å²) >= 11 is 5.06. The van der Waals surface area contributed by atoms with Gasteiger partial charge in [-0.15, -0.1) is 0 Å². The summed E-state index contributed by atoms with van der Waals surface area (Å²) in [4.78, 5) is 7.20.